The highest BCUT2D eigenvalue weighted by atomic mass is 16.2. The Bertz CT molecular complexity index is 2270. The fourth-order valence-electron chi connectivity index (χ4n) is 8.29. The summed E-state index contributed by atoms with van der Waals surface area (Å²) in [4.78, 5) is 82.4. The van der Waals surface area contributed by atoms with E-state index >= 15 is 0 Å². The van der Waals surface area contributed by atoms with E-state index in [1.807, 2.05) is 77.9 Å². The second-order valence-electron chi connectivity index (χ2n) is 20.4. The number of fused-ring (bicyclic) bond motifs is 2. The van der Waals surface area contributed by atoms with Crippen LogP contribution in [-0.4, -0.2) is 88.5 Å². The minimum absolute atomic E-state index is 0.175. The Labute approximate surface area is 366 Å². The number of nitrogens with zero attached hydrogens (tertiary/aromatic N) is 6. The number of carbonyl (C=O) groups is 4. The van der Waals surface area contributed by atoms with Gasteiger partial charge in [0.1, 0.15) is 22.7 Å². The number of H-pyrrole nitrogens is 2. The molecule has 62 heavy (non-hydrogen) atoms. The number of hydrogen-bond donors (Lipinski definition) is 4. The number of aromatic amines is 2. The molecule has 0 radical (unpaired) electrons. The number of nitrogens with one attached hydrogen (secondary N) is 4. The summed E-state index contributed by atoms with van der Waals surface area (Å²) in [7, 11) is 3.36. The zero-order chi connectivity index (χ0) is 46.3. The molecule has 14 nitrogen and oxygen atoms in total. The average molecular weight is 849 g/mol. The zero-order valence-corrected chi connectivity index (χ0v) is 39.7. The topological polar surface area (TPSA) is 182 Å². The van der Waals surface area contributed by atoms with Crippen LogP contribution in [0.3, 0.4) is 0 Å². The minimum atomic E-state index is -1.04. The molecule has 0 fully saturated rings. The monoisotopic (exact) mass is 849 g/mol. The molecule has 0 aliphatic carbocycles. The van der Waals surface area contributed by atoms with Gasteiger partial charge in [-0.3, -0.25) is 29.1 Å². The van der Waals surface area contributed by atoms with Crippen LogP contribution in [-0.2, 0) is 19.2 Å². The molecule has 3 heterocycles. The molecule has 14 heteroatoms. The standard InChI is InChI=1S/C48H68N10O4/c1-27(2)23-47(13,57(15)29(5)59)43(61)55-39(45(7,8)9)41-51-33-19-17-31(21-35(33)53-41)37-25-50-38(26-49-37)32-18-20-34-36(22-32)54-42(52-34)40(46(10,11)12)56-44(62)48(14,24-28(3)4)58(16)30(6)60/h17-22,25-28,39-40H,23-24H2,1-16H3,(H,51,53)(H,52,54)(H,55,61)(H,56,62)/t39-,40-,47-,48-/m1/s1. The number of carbonyl (C=O) groups excluding carboxylic acids is 4. The van der Waals surface area contributed by atoms with E-state index in [9.17, 15) is 19.2 Å². The fourth-order valence-corrected chi connectivity index (χ4v) is 8.29. The molecular formula is C48H68N10O4. The molecular weight excluding hydrogens is 781 g/mol. The van der Waals surface area contributed by atoms with Gasteiger partial charge in [-0.2, -0.15) is 0 Å². The van der Waals surface area contributed by atoms with E-state index in [-0.39, 0.29) is 35.5 Å². The first-order valence-corrected chi connectivity index (χ1v) is 21.6. The van der Waals surface area contributed by atoms with Crippen LogP contribution in [0.2, 0.25) is 0 Å². The summed E-state index contributed by atoms with van der Waals surface area (Å²) >= 11 is 0. The van der Waals surface area contributed by atoms with Gasteiger partial charge < -0.3 is 30.4 Å². The third-order valence-electron chi connectivity index (χ3n) is 12.1. The van der Waals surface area contributed by atoms with Gasteiger partial charge in [0.05, 0.1) is 57.9 Å². The van der Waals surface area contributed by atoms with Gasteiger partial charge in [-0.1, -0.05) is 81.4 Å². The van der Waals surface area contributed by atoms with Gasteiger partial charge in [0.25, 0.3) is 0 Å². The molecule has 334 valence electrons. The average Bonchev–Trinajstić information content (AvgIpc) is 3.79. The van der Waals surface area contributed by atoms with E-state index in [4.69, 9.17) is 19.9 Å². The summed E-state index contributed by atoms with van der Waals surface area (Å²) in [6.45, 7) is 27.1. The van der Waals surface area contributed by atoms with E-state index in [1.54, 1.807) is 26.5 Å². The van der Waals surface area contributed by atoms with E-state index in [1.165, 1.54) is 23.6 Å². The number of imidazole rings is 2. The summed E-state index contributed by atoms with van der Waals surface area (Å²) in [5.74, 6) is 0.800. The number of rotatable bonds is 14. The first kappa shape index (κ1) is 47.4. The van der Waals surface area contributed by atoms with Gasteiger partial charge in [0.15, 0.2) is 0 Å². The number of amides is 4. The molecule has 0 saturated carbocycles. The lowest BCUT2D eigenvalue weighted by Gasteiger charge is -2.40. The van der Waals surface area contributed by atoms with Gasteiger partial charge >= 0.3 is 0 Å². The van der Waals surface area contributed by atoms with Crippen molar-refractivity contribution in [2.24, 2.45) is 22.7 Å². The van der Waals surface area contributed by atoms with Crippen molar-refractivity contribution in [3.8, 4) is 22.5 Å². The summed E-state index contributed by atoms with van der Waals surface area (Å²) in [6, 6.07) is 10.8. The van der Waals surface area contributed by atoms with E-state index in [0.717, 1.165) is 33.2 Å². The SMILES string of the molecule is CC(=O)N(C)[C@](C)(CC(C)C)C(=O)N[C@H](c1nc2ccc(-c3cnc(-c4ccc5nc([C@@H](NC(=O)[C@@](C)(CC(C)C)N(C)C(C)=O)C(C)(C)C)[nH]c5c4)cn3)cc2[nH]1)C(C)(C)C. The predicted octanol–water partition coefficient (Wildman–Crippen LogP) is 8.54. The summed E-state index contributed by atoms with van der Waals surface area (Å²) < 4.78 is 0. The molecule has 0 aliphatic heterocycles. The number of benzene rings is 2. The van der Waals surface area contributed by atoms with Crippen molar-refractivity contribution >= 4 is 45.7 Å². The quantitative estimate of drug-likeness (QED) is 0.0858. The van der Waals surface area contributed by atoms with Crippen LogP contribution in [0.5, 0.6) is 0 Å². The van der Waals surface area contributed by atoms with Gasteiger partial charge in [0.2, 0.25) is 23.6 Å². The molecule has 4 atom stereocenters. The van der Waals surface area contributed by atoms with Crippen LogP contribution in [0.25, 0.3) is 44.6 Å². The molecule has 2 aromatic carbocycles. The van der Waals surface area contributed by atoms with Crippen LogP contribution < -0.4 is 10.6 Å². The Morgan fingerprint density at radius 1 is 0.597 bits per heavy atom. The smallest absolute Gasteiger partial charge is 0.246 e. The van der Waals surface area contributed by atoms with Crippen molar-refractivity contribution in [2.75, 3.05) is 14.1 Å². The first-order chi connectivity index (χ1) is 28.6. The highest BCUT2D eigenvalue weighted by molar-refractivity contribution is 5.92. The summed E-state index contributed by atoms with van der Waals surface area (Å²) in [5.41, 5.74) is 3.23. The number of likely N-dealkylation sites (N-methyl/N-ethyl adjacent to an activating group) is 2. The Morgan fingerprint density at radius 2 is 0.935 bits per heavy atom. The van der Waals surface area contributed by atoms with Crippen LogP contribution in [0, 0.1) is 22.7 Å². The second-order valence-corrected chi connectivity index (χ2v) is 20.4. The van der Waals surface area contributed by atoms with E-state index in [2.05, 4.69) is 62.1 Å². The van der Waals surface area contributed by atoms with Crippen LogP contribution in [0.1, 0.15) is 134 Å². The Balaban J connectivity index is 1.39. The summed E-state index contributed by atoms with van der Waals surface area (Å²) in [5, 5.41) is 6.50. The normalized spacial score (nSPS) is 15.3. The molecule has 0 bridgehead atoms. The Morgan fingerprint density at radius 3 is 1.21 bits per heavy atom. The van der Waals surface area contributed by atoms with Crippen LogP contribution in [0.15, 0.2) is 48.8 Å². The lowest BCUT2D eigenvalue weighted by atomic mass is 9.83. The zero-order valence-electron chi connectivity index (χ0n) is 39.7. The molecule has 0 saturated heterocycles. The third kappa shape index (κ3) is 10.0. The van der Waals surface area contributed by atoms with Gasteiger partial charge in [-0.25, -0.2) is 9.97 Å². The predicted molar refractivity (Wildman–Crippen MR) is 245 cm³/mol. The lowest BCUT2D eigenvalue weighted by molar-refractivity contribution is -0.145. The highest BCUT2D eigenvalue weighted by Crippen LogP contribution is 2.37. The molecule has 5 aromatic rings. The van der Waals surface area contributed by atoms with E-state index < -0.39 is 34.0 Å². The molecule has 5 rings (SSSR count). The maximum absolute atomic E-state index is 14.0. The molecule has 0 unspecified atom stereocenters. The maximum atomic E-state index is 14.0. The van der Waals surface area contributed by atoms with Gasteiger partial charge in [-0.15, -0.1) is 0 Å². The van der Waals surface area contributed by atoms with Gasteiger partial charge in [-0.05, 0) is 73.6 Å². The number of aromatic nitrogens is 6. The van der Waals surface area contributed by atoms with Crippen molar-refractivity contribution in [3.05, 3.63) is 60.4 Å². The lowest BCUT2D eigenvalue weighted by Crippen LogP contribution is -2.59. The van der Waals surface area contributed by atoms with Crippen molar-refractivity contribution in [3.63, 3.8) is 0 Å². The first-order valence-electron chi connectivity index (χ1n) is 21.6. The van der Waals surface area contributed by atoms with Gasteiger partial charge in [0, 0.05) is 39.1 Å². The third-order valence-corrected chi connectivity index (χ3v) is 12.1. The Kier molecular flexibility index (Phi) is 13.5. The van der Waals surface area contributed by atoms with Crippen LogP contribution >= 0.6 is 0 Å². The highest BCUT2D eigenvalue weighted by Gasteiger charge is 2.44. The largest absolute Gasteiger partial charge is 0.344 e. The molecule has 4 amide bonds. The van der Waals surface area contributed by atoms with Crippen LogP contribution in [0.4, 0.5) is 0 Å². The fraction of sp³-hybridized carbons (Fsp3) is 0.542. The van der Waals surface area contributed by atoms with Crippen molar-refractivity contribution in [2.45, 2.75) is 133 Å². The molecule has 0 aliphatic rings. The van der Waals surface area contributed by atoms with Crippen molar-refractivity contribution < 1.29 is 19.2 Å². The molecule has 3 aromatic heterocycles. The molecule has 4 N–H and O–H groups in total. The summed E-state index contributed by atoms with van der Waals surface area (Å²) in [6.07, 6.45) is 4.50. The molecule has 0 spiro atoms. The maximum Gasteiger partial charge on any atom is 0.246 e. The second kappa shape index (κ2) is 17.6. The van der Waals surface area contributed by atoms with Crippen molar-refractivity contribution in [1.82, 2.24) is 50.3 Å². The minimum Gasteiger partial charge on any atom is -0.344 e. The van der Waals surface area contributed by atoms with Crippen molar-refractivity contribution in [1.29, 1.82) is 0 Å². The van der Waals surface area contributed by atoms with E-state index in [0.29, 0.717) is 35.9 Å². The Hall–Kier alpha value is -5.66. The number of hydrogen-bond acceptors (Lipinski definition) is 8.